The van der Waals surface area contributed by atoms with Crippen LogP contribution in [0.25, 0.3) is 0 Å². The lowest BCUT2D eigenvalue weighted by Crippen LogP contribution is -2.21. The highest BCUT2D eigenvalue weighted by Crippen LogP contribution is 2.40. The first kappa shape index (κ1) is 14.0. The molecule has 1 aliphatic rings. The van der Waals surface area contributed by atoms with E-state index in [-0.39, 0.29) is 6.04 Å². The van der Waals surface area contributed by atoms with E-state index >= 15 is 0 Å². The Labute approximate surface area is 126 Å². The van der Waals surface area contributed by atoms with E-state index in [1.165, 1.54) is 24.0 Å². The topological polar surface area (TPSA) is 47.3 Å². The maximum absolute atomic E-state index is 5.98. The summed E-state index contributed by atoms with van der Waals surface area (Å²) < 4.78 is 5.40. The van der Waals surface area contributed by atoms with E-state index in [0.717, 1.165) is 17.4 Å². The summed E-state index contributed by atoms with van der Waals surface area (Å²) in [6.07, 6.45) is 2.63. The zero-order valence-electron chi connectivity index (χ0n) is 12.4. The van der Waals surface area contributed by atoms with E-state index in [0.29, 0.717) is 6.54 Å². The molecule has 3 heteroatoms. The maximum Gasteiger partial charge on any atom is 0.141 e. The predicted octanol–water partition coefficient (Wildman–Crippen LogP) is 3.68. The Hall–Kier alpha value is -2.00. The Kier molecular flexibility index (Phi) is 4.11. The zero-order valence-corrected chi connectivity index (χ0v) is 12.4. The molecule has 3 nitrogen and oxygen atoms in total. The second-order valence-electron chi connectivity index (χ2n) is 5.58. The molecular weight excluding hydrogens is 260 g/mol. The quantitative estimate of drug-likeness (QED) is 0.849. The third-order valence-electron chi connectivity index (χ3n) is 4.03. The SMILES string of the molecule is COc1ccccc1NC(CN)c1cccc(C2CC2)c1. The van der Waals surface area contributed by atoms with Gasteiger partial charge < -0.3 is 15.8 Å². The highest BCUT2D eigenvalue weighted by molar-refractivity contribution is 5.57. The second-order valence-corrected chi connectivity index (χ2v) is 5.58. The third-order valence-corrected chi connectivity index (χ3v) is 4.03. The molecule has 0 spiro atoms. The number of nitrogens with one attached hydrogen (secondary N) is 1. The van der Waals surface area contributed by atoms with Crippen LogP contribution in [0.15, 0.2) is 48.5 Å². The molecule has 3 rings (SSSR count). The van der Waals surface area contributed by atoms with Gasteiger partial charge in [0.25, 0.3) is 0 Å². The second kappa shape index (κ2) is 6.19. The molecule has 0 saturated heterocycles. The summed E-state index contributed by atoms with van der Waals surface area (Å²) in [6.45, 7) is 0.548. The third kappa shape index (κ3) is 3.19. The normalized spacial score (nSPS) is 15.5. The van der Waals surface area contributed by atoms with Crippen LogP contribution in [0.3, 0.4) is 0 Å². The van der Waals surface area contributed by atoms with Crippen molar-refractivity contribution in [1.82, 2.24) is 0 Å². The number of para-hydroxylation sites is 2. The minimum absolute atomic E-state index is 0.0972. The fraction of sp³-hybridized carbons (Fsp3) is 0.333. The van der Waals surface area contributed by atoms with Crippen LogP contribution in [0.2, 0.25) is 0 Å². The highest BCUT2D eigenvalue weighted by atomic mass is 16.5. The van der Waals surface area contributed by atoms with Crippen molar-refractivity contribution >= 4 is 5.69 Å². The summed E-state index contributed by atoms with van der Waals surface area (Å²) in [7, 11) is 1.69. The number of nitrogens with two attached hydrogens (primary N) is 1. The van der Waals surface area contributed by atoms with Gasteiger partial charge in [0.2, 0.25) is 0 Å². The Morgan fingerprint density at radius 3 is 2.71 bits per heavy atom. The van der Waals surface area contributed by atoms with Crippen molar-refractivity contribution in [2.75, 3.05) is 19.0 Å². The van der Waals surface area contributed by atoms with Crippen LogP contribution in [0.1, 0.15) is 35.9 Å². The molecule has 0 radical (unpaired) electrons. The molecule has 1 aliphatic carbocycles. The minimum atomic E-state index is 0.0972. The average molecular weight is 282 g/mol. The number of benzene rings is 2. The van der Waals surface area contributed by atoms with E-state index in [9.17, 15) is 0 Å². The number of hydrogen-bond donors (Lipinski definition) is 2. The molecule has 0 heterocycles. The van der Waals surface area contributed by atoms with Gasteiger partial charge in [-0.3, -0.25) is 0 Å². The van der Waals surface area contributed by atoms with Crippen LogP contribution in [-0.4, -0.2) is 13.7 Å². The molecule has 0 amide bonds. The highest BCUT2D eigenvalue weighted by Gasteiger charge is 2.24. The van der Waals surface area contributed by atoms with Gasteiger partial charge in [0.05, 0.1) is 18.8 Å². The van der Waals surface area contributed by atoms with Gasteiger partial charge in [-0.2, -0.15) is 0 Å². The summed E-state index contributed by atoms with van der Waals surface area (Å²) in [5.41, 5.74) is 9.64. The smallest absolute Gasteiger partial charge is 0.141 e. The molecule has 1 atom stereocenters. The molecule has 2 aromatic carbocycles. The van der Waals surface area contributed by atoms with Crippen LogP contribution >= 0.6 is 0 Å². The fourth-order valence-corrected chi connectivity index (χ4v) is 2.68. The van der Waals surface area contributed by atoms with Crippen molar-refractivity contribution in [3.8, 4) is 5.75 Å². The van der Waals surface area contributed by atoms with Gasteiger partial charge in [0.1, 0.15) is 5.75 Å². The van der Waals surface area contributed by atoms with E-state index in [1.807, 2.05) is 24.3 Å². The van der Waals surface area contributed by atoms with E-state index in [2.05, 4.69) is 29.6 Å². The van der Waals surface area contributed by atoms with E-state index < -0.39 is 0 Å². The van der Waals surface area contributed by atoms with Gasteiger partial charge in [0, 0.05) is 6.54 Å². The summed E-state index contributed by atoms with van der Waals surface area (Å²) in [5.74, 6) is 1.60. The Morgan fingerprint density at radius 1 is 1.19 bits per heavy atom. The first-order valence-corrected chi connectivity index (χ1v) is 7.51. The Morgan fingerprint density at radius 2 is 2.00 bits per heavy atom. The standard InChI is InChI=1S/C18H22N2O/c1-21-18-8-3-2-7-16(18)20-17(12-19)15-6-4-5-14(11-15)13-9-10-13/h2-8,11,13,17,20H,9-10,12,19H2,1H3. The van der Waals surface area contributed by atoms with Crippen LogP contribution < -0.4 is 15.8 Å². The van der Waals surface area contributed by atoms with Crippen molar-refractivity contribution in [1.29, 1.82) is 0 Å². The van der Waals surface area contributed by atoms with E-state index in [4.69, 9.17) is 10.5 Å². The first-order valence-electron chi connectivity index (χ1n) is 7.51. The van der Waals surface area contributed by atoms with Gasteiger partial charge in [-0.05, 0) is 42.0 Å². The molecule has 110 valence electrons. The molecule has 21 heavy (non-hydrogen) atoms. The Bertz CT molecular complexity index is 608. The molecule has 0 aliphatic heterocycles. The predicted molar refractivity (Wildman–Crippen MR) is 86.8 cm³/mol. The van der Waals surface area contributed by atoms with Crippen molar-refractivity contribution < 1.29 is 4.74 Å². The largest absolute Gasteiger partial charge is 0.495 e. The minimum Gasteiger partial charge on any atom is -0.495 e. The number of ether oxygens (including phenoxy) is 1. The number of hydrogen-bond acceptors (Lipinski definition) is 3. The van der Waals surface area contributed by atoms with Crippen molar-refractivity contribution in [2.24, 2.45) is 5.73 Å². The number of anilines is 1. The summed E-state index contributed by atoms with van der Waals surface area (Å²) in [4.78, 5) is 0. The molecule has 1 saturated carbocycles. The lowest BCUT2D eigenvalue weighted by atomic mass is 10.0. The maximum atomic E-state index is 5.98. The van der Waals surface area contributed by atoms with Crippen LogP contribution in [-0.2, 0) is 0 Å². The van der Waals surface area contributed by atoms with Crippen molar-refractivity contribution in [3.05, 3.63) is 59.7 Å². The average Bonchev–Trinajstić information content (AvgIpc) is 3.38. The van der Waals surface area contributed by atoms with Gasteiger partial charge >= 0.3 is 0 Å². The van der Waals surface area contributed by atoms with E-state index in [1.54, 1.807) is 7.11 Å². The Balaban J connectivity index is 1.82. The monoisotopic (exact) mass is 282 g/mol. The first-order chi connectivity index (χ1) is 10.3. The van der Waals surface area contributed by atoms with Crippen LogP contribution in [0.4, 0.5) is 5.69 Å². The molecule has 1 unspecified atom stereocenters. The summed E-state index contributed by atoms with van der Waals surface area (Å²) in [5, 5.41) is 3.50. The van der Waals surface area contributed by atoms with Gasteiger partial charge in [-0.1, -0.05) is 36.4 Å². The molecule has 0 bridgehead atoms. The zero-order chi connectivity index (χ0) is 14.7. The van der Waals surface area contributed by atoms with Crippen LogP contribution in [0, 0.1) is 0 Å². The molecule has 1 fully saturated rings. The fourth-order valence-electron chi connectivity index (χ4n) is 2.68. The molecule has 0 aromatic heterocycles. The number of rotatable bonds is 6. The lowest BCUT2D eigenvalue weighted by Gasteiger charge is -2.21. The lowest BCUT2D eigenvalue weighted by molar-refractivity contribution is 0.416. The number of methoxy groups -OCH3 is 1. The summed E-state index contributed by atoms with van der Waals surface area (Å²) in [6, 6.07) is 16.8. The molecule has 2 aromatic rings. The van der Waals surface area contributed by atoms with Gasteiger partial charge in [-0.15, -0.1) is 0 Å². The van der Waals surface area contributed by atoms with Crippen molar-refractivity contribution in [2.45, 2.75) is 24.8 Å². The van der Waals surface area contributed by atoms with Gasteiger partial charge in [-0.25, -0.2) is 0 Å². The van der Waals surface area contributed by atoms with Gasteiger partial charge in [0.15, 0.2) is 0 Å². The summed E-state index contributed by atoms with van der Waals surface area (Å²) >= 11 is 0. The molecular formula is C18H22N2O. The molecule has 3 N–H and O–H groups in total. The van der Waals surface area contributed by atoms with Crippen molar-refractivity contribution in [3.63, 3.8) is 0 Å². The van der Waals surface area contributed by atoms with Crippen LogP contribution in [0.5, 0.6) is 5.75 Å².